The lowest BCUT2D eigenvalue weighted by atomic mass is 10.6. The second-order valence-electron chi connectivity index (χ2n) is 2.91. The van der Waals surface area contributed by atoms with E-state index in [0.717, 1.165) is 30.9 Å². The molecular formula is C9H11N3S4. The third-order valence-electron chi connectivity index (χ3n) is 1.67. The summed E-state index contributed by atoms with van der Waals surface area (Å²) in [6.45, 7) is 4.15. The molecule has 0 bridgehead atoms. The fourth-order valence-electron chi connectivity index (χ4n) is 1.05. The summed E-state index contributed by atoms with van der Waals surface area (Å²) in [5.41, 5.74) is 1.13. The van der Waals surface area contributed by atoms with E-state index in [2.05, 4.69) is 27.5 Å². The average Bonchev–Trinajstić information content (AvgIpc) is 2.85. The van der Waals surface area contributed by atoms with Gasteiger partial charge < -0.3 is 0 Å². The van der Waals surface area contributed by atoms with Crippen molar-refractivity contribution in [2.45, 2.75) is 28.3 Å². The van der Waals surface area contributed by atoms with Crippen LogP contribution in [0.2, 0.25) is 0 Å². The monoisotopic (exact) mass is 289 g/mol. The van der Waals surface area contributed by atoms with E-state index in [1.807, 2.05) is 6.92 Å². The third kappa shape index (κ3) is 3.44. The largest absolute Gasteiger partial charge is 0.246 e. The van der Waals surface area contributed by atoms with Gasteiger partial charge in [-0.3, -0.25) is 0 Å². The van der Waals surface area contributed by atoms with Crippen LogP contribution in [-0.4, -0.2) is 20.9 Å². The topological polar surface area (TPSA) is 38.7 Å². The lowest BCUT2D eigenvalue weighted by Crippen LogP contribution is -1.80. The van der Waals surface area contributed by atoms with E-state index in [1.54, 1.807) is 46.2 Å². The van der Waals surface area contributed by atoms with E-state index in [1.165, 1.54) is 0 Å². The Hall–Kier alpha value is -0.110. The molecule has 3 nitrogen and oxygen atoms in total. The summed E-state index contributed by atoms with van der Waals surface area (Å²) in [5, 5.41) is 11.5. The highest BCUT2D eigenvalue weighted by Gasteiger charge is 2.06. The number of rotatable bonds is 5. The maximum absolute atomic E-state index is 4.42. The van der Waals surface area contributed by atoms with Crippen LogP contribution in [0, 0.1) is 6.92 Å². The molecule has 0 N–H and O–H groups in total. The Kier molecular flexibility index (Phi) is 4.63. The van der Waals surface area contributed by atoms with Crippen molar-refractivity contribution < 1.29 is 0 Å². The normalized spacial score (nSPS) is 10.9. The molecule has 86 valence electrons. The van der Waals surface area contributed by atoms with Crippen molar-refractivity contribution in [2.24, 2.45) is 0 Å². The molecule has 0 saturated carbocycles. The van der Waals surface area contributed by atoms with Crippen molar-refractivity contribution in [3.63, 3.8) is 0 Å². The van der Waals surface area contributed by atoms with Crippen molar-refractivity contribution in [2.75, 3.05) is 5.75 Å². The maximum Gasteiger partial charge on any atom is 0.175 e. The molecule has 2 heterocycles. The second-order valence-corrected chi connectivity index (χ2v) is 7.69. The van der Waals surface area contributed by atoms with Gasteiger partial charge in [-0.1, -0.05) is 41.8 Å². The van der Waals surface area contributed by atoms with Gasteiger partial charge in [-0.2, -0.15) is 0 Å². The molecule has 0 radical (unpaired) electrons. The van der Waals surface area contributed by atoms with Crippen LogP contribution in [0.5, 0.6) is 0 Å². The van der Waals surface area contributed by atoms with Crippen LogP contribution in [0.3, 0.4) is 0 Å². The Bertz CT molecular complexity index is 451. The van der Waals surface area contributed by atoms with Gasteiger partial charge in [0.2, 0.25) is 0 Å². The van der Waals surface area contributed by atoms with E-state index in [-0.39, 0.29) is 0 Å². The third-order valence-corrected chi connectivity index (χ3v) is 5.59. The first-order valence-electron chi connectivity index (χ1n) is 4.78. The molecule has 0 spiro atoms. The van der Waals surface area contributed by atoms with Crippen molar-refractivity contribution in [3.05, 3.63) is 16.1 Å². The molecule has 2 aromatic rings. The zero-order valence-corrected chi connectivity index (χ0v) is 12.2. The molecule has 0 fully saturated rings. The van der Waals surface area contributed by atoms with Crippen molar-refractivity contribution >= 4 is 46.2 Å². The Morgan fingerprint density at radius 2 is 2.00 bits per heavy atom. The quantitative estimate of drug-likeness (QED) is 0.785. The summed E-state index contributed by atoms with van der Waals surface area (Å²) >= 11 is 6.80. The van der Waals surface area contributed by atoms with Gasteiger partial charge >= 0.3 is 0 Å². The Balaban J connectivity index is 1.89. The number of hydrogen-bond donors (Lipinski definition) is 0. The van der Waals surface area contributed by atoms with Gasteiger partial charge in [-0.15, -0.1) is 21.5 Å². The number of nitrogens with zero attached hydrogens (tertiary/aromatic N) is 3. The standard InChI is InChI=1S/C9H11N3S4/c1-3-13-8-11-12-9(16-8)15-5-7-4-14-6(2)10-7/h4H,3,5H2,1-2H3. The van der Waals surface area contributed by atoms with Gasteiger partial charge in [0.1, 0.15) is 0 Å². The van der Waals surface area contributed by atoms with Crippen LogP contribution in [0.4, 0.5) is 0 Å². The molecule has 0 aliphatic carbocycles. The van der Waals surface area contributed by atoms with Gasteiger partial charge in [0.15, 0.2) is 8.68 Å². The summed E-state index contributed by atoms with van der Waals surface area (Å²) in [5.74, 6) is 1.93. The number of hydrogen-bond acceptors (Lipinski definition) is 7. The summed E-state index contributed by atoms with van der Waals surface area (Å²) in [4.78, 5) is 4.42. The van der Waals surface area contributed by atoms with Crippen molar-refractivity contribution in [1.29, 1.82) is 0 Å². The predicted octanol–water partition coefficient (Wildman–Crippen LogP) is 3.71. The van der Waals surface area contributed by atoms with Crippen molar-refractivity contribution in [3.8, 4) is 0 Å². The number of aromatic nitrogens is 3. The highest BCUT2D eigenvalue weighted by atomic mass is 32.2. The van der Waals surface area contributed by atoms with Crippen LogP contribution < -0.4 is 0 Å². The molecule has 7 heteroatoms. The summed E-state index contributed by atoms with van der Waals surface area (Å²) in [7, 11) is 0. The molecule has 0 atom stereocenters. The first kappa shape index (κ1) is 12.3. The van der Waals surface area contributed by atoms with E-state index < -0.39 is 0 Å². The Labute approximate surface area is 111 Å². The molecule has 0 saturated heterocycles. The fourth-order valence-corrected chi connectivity index (χ4v) is 4.58. The molecule has 0 amide bonds. The molecule has 0 aliphatic heterocycles. The average molecular weight is 289 g/mol. The molecule has 0 aliphatic rings. The van der Waals surface area contributed by atoms with Gasteiger partial charge in [0.25, 0.3) is 0 Å². The lowest BCUT2D eigenvalue weighted by Gasteiger charge is -1.91. The maximum atomic E-state index is 4.42. The van der Waals surface area contributed by atoms with Crippen LogP contribution in [-0.2, 0) is 5.75 Å². The minimum absolute atomic E-state index is 0.885. The van der Waals surface area contributed by atoms with E-state index in [9.17, 15) is 0 Å². The first-order valence-corrected chi connectivity index (χ1v) is 8.44. The zero-order valence-electron chi connectivity index (χ0n) is 8.97. The van der Waals surface area contributed by atoms with Crippen LogP contribution in [0.1, 0.15) is 17.6 Å². The number of thiazole rings is 1. The second kappa shape index (κ2) is 6.00. The summed E-state index contributed by atoms with van der Waals surface area (Å²) in [6.07, 6.45) is 0. The highest BCUT2D eigenvalue weighted by molar-refractivity contribution is 8.02. The SMILES string of the molecule is CCSc1nnc(SCc2csc(C)n2)s1. The minimum atomic E-state index is 0.885. The summed E-state index contributed by atoms with van der Waals surface area (Å²) in [6, 6.07) is 0. The van der Waals surface area contributed by atoms with Gasteiger partial charge in [-0.25, -0.2) is 4.98 Å². The first-order chi connectivity index (χ1) is 7.78. The van der Waals surface area contributed by atoms with Gasteiger partial charge in [-0.05, 0) is 12.7 Å². The predicted molar refractivity (Wildman–Crippen MR) is 72.7 cm³/mol. The molecule has 2 rings (SSSR count). The minimum Gasteiger partial charge on any atom is -0.246 e. The van der Waals surface area contributed by atoms with E-state index in [4.69, 9.17) is 0 Å². The van der Waals surface area contributed by atoms with Gasteiger partial charge in [0, 0.05) is 11.1 Å². The molecular weight excluding hydrogens is 278 g/mol. The Morgan fingerprint density at radius 1 is 1.25 bits per heavy atom. The molecule has 0 aromatic carbocycles. The van der Waals surface area contributed by atoms with Crippen molar-refractivity contribution in [1.82, 2.24) is 15.2 Å². The fraction of sp³-hybridized carbons (Fsp3) is 0.444. The van der Waals surface area contributed by atoms with Crippen LogP contribution in [0.25, 0.3) is 0 Å². The van der Waals surface area contributed by atoms with Crippen LogP contribution in [0.15, 0.2) is 14.1 Å². The molecule has 16 heavy (non-hydrogen) atoms. The molecule has 0 unspecified atom stereocenters. The van der Waals surface area contributed by atoms with E-state index in [0.29, 0.717) is 0 Å². The highest BCUT2D eigenvalue weighted by Crippen LogP contribution is 2.30. The van der Waals surface area contributed by atoms with E-state index >= 15 is 0 Å². The number of thioether (sulfide) groups is 2. The lowest BCUT2D eigenvalue weighted by molar-refractivity contribution is 0.954. The Morgan fingerprint density at radius 3 is 2.62 bits per heavy atom. The summed E-state index contributed by atoms with van der Waals surface area (Å²) < 4.78 is 2.08. The van der Waals surface area contributed by atoms with Gasteiger partial charge in [0.05, 0.1) is 10.7 Å². The zero-order chi connectivity index (χ0) is 11.4. The molecule has 2 aromatic heterocycles. The number of aryl methyl sites for hydroxylation is 1. The smallest absolute Gasteiger partial charge is 0.175 e. The van der Waals surface area contributed by atoms with Crippen LogP contribution >= 0.6 is 46.2 Å².